The van der Waals surface area contributed by atoms with Gasteiger partial charge in [-0.05, 0) is 17.7 Å². The molecule has 0 radical (unpaired) electrons. The van der Waals surface area contributed by atoms with E-state index < -0.39 is 0 Å². The maximum Gasteiger partial charge on any atom is 0.337 e. The lowest BCUT2D eigenvalue weighted by Gasteiger charge is -2.06. The van der Waals surface area contributed by atoms with Crippen LogP contribution in [0.5, 0.6) is 0 Å². The lowest BCUT2D eigenvalue weighted by Crippen LogP contribution is -2.05. The SMILES string of the molecule is COC(=O)c1ccc(Cn2ccc(=O)cc2)cc1. The fourth-order valence-electron chi connectivity index (χ4n) is 1.62. The van der Waals surface area contributed by atoms with Crippen LogP contribution >= 0.6 is 0 Å². The van der Waals surface area contributed by atoms with E-state index in [0.29, 0.717) is 12.1 Å². The monoisotopic (exact) mass is 243 g/mol. The molecular formula is C14H13NO3. The smallest absolute Gasteiger partial charge is 0.337 e. The van der Waals surface area contributed by atoms with Gasteiger partial charge in [-0.3, -0.25) is 4.79 Å². The molecule has 0 fully saturated rings. The zero-order valence-electron chi connectivity index (χ0n) is 10.00. The molecular weight excluding hydrogens is 230 g/mol. The Morgan fingerprint density at radius 1 is 1.11 bits per heavy atom. The average Bonchev–Trinajstić information content (AvgIpc) is 2.41. The van der Waals surface area contributed by atoms with Crippen molar-refractivity contribution < 1.29 is 9.53 Å². The van der Waals surface area contributed by atoms with Crippen LogP contribution in [0.3, 0.4) is 0 Å². The van der Waals surface area contributed by atoms with Gasteiger partial charge in [0.15, 0.2) is 5.43 Å². The number of methoxy groups -OCH3 is 1. The fraction of sp³-hybridized carbons (Fsp3) is 0.143. The number of hydrogen-bond acceptors (Lipinski definition) is 3. The number of carbonyl (C=O) groups is 1. The van der Waals surface area contributed by atoms with Gasteiger partial charge < -0.3 is 9.30 Å². The van der Waals surface area contributed by atoms with Gasteiger partial charge in [0, 0.05) is 31.1 Å². The summed E-state index contributed by atoms with van der Waals surface area (Å²) in [5.74, 6) is -0.343. The highest BCUT2D eigenvalue weighted by Gasteiger charge is 2.04. The van der Waals surface area contributed by atoms with Gasteiger partial charge in [-0.2, -0.15) is 0 Å². The Bertz CT molecular complexity index is 579. The van der Waals surface area contributed by atoms with Gasteiger partial charge in [-0.1, -0.05) is 12.1 Å². The summed E-state index contributed by atoms with van der Waals surface area (Å²) in [7, 11) is 1.36. The van der Waals surface area contributed by atoms with E-state index in [-0.39, 0.29) is 11.4 Å². The van der Waals surface area contributed by atoms with Gasteiger partial charge in [0.2, 0.25) is 0 Å². The highest BCUT2D eigenvalue weighted by Crippen LogP contribution is 2.07. The summed E-state index contributed by atoms with van der Waals surface area (Å²) in [5, 5.41) is 0. The second-order valence-corrected chi connectivity index (χ2v) is 3.89. The van der Waals surface area contributed by atoms with Crippen molar-refractivity contribution in [3.63, 3.8) is 0 Å². The van der Waals surface area contributed by atoms with Crippen LogP contribution in [0.15, 0.2) is 53.6 Å². The van der Waals surface area contributed by atoms with Crippen LogP contribution in [0.2, 0.25) is 0 Å². The molecule has 2 rings (SSSR count). The lowest BCUT2D eigenvalue weighted by molar-refractivity contribution is 0.0600. The van der Waals surface area contributed by atoms with Crippen LogP contribution in [-0.4, -0.2) is 17.6 Å². The molecule has 0 N–H and O–H groups in total. The minimum atomic E-state index is -0.343. The maximum absolute atomic E-state index is 11.3. The second kappa shape index (κ2) is 5.31. The van der Waals surface area contributed by atoms with E-state index in [1.54, 1.807) is 24.5 Å². The number of hydrogen-bond donors (Lipinski definition) is 0. The second-order valence-electron chi connectivity index (χ2n) is 3.89. The Kier molecular flexibility index (Phi) is 3.57. The summed E-state index contributed by atoms with van der Waals surface area (Å²) in [4.78, 5) is 22.2. The zero-order chi connectivity index (χ0) is 13.0. The van der Waals surface area contributed by atoms with Gasteiger partial charge in [-0.25, -0.2) is 4.79 Å². The number of carbonyl (C=O) groups excluding carboxylic acids is 1. The predicted molar refractivity (Wildman–Crippen MR) is 67.6 cm³/mol. The third kappa shape index (κ3) is 2.85. The largest absolute Gasteiger partial charge is 0.465 e. The van der Waals surface area contributed by atoms with Crippen molar-refractivity contribution in [1.82, 2.24) is 4.57 Å². The number of esters is 1. The molecule has 92 valence electrons. The molecule has 4 heteroatoms. The van der Waals surface area contributed by atoms with Crippen molar-refractivity contribution in [3.8, 4) is 0 Å². The molecule has 0 spiro atoms. The first-order chi connectivity index (χ1) is 8.69. The Hall–Kier alpha value is -2.36. The van der Waals surface area contributed by atoms with E-state index in [4.69, 9.17) is 0 Å². The standard InChI is InChI=1S/C14H13NO3/c1-18-14(17)12-4-2-11(3-5-12)10-15-8-6-13(16)7-9-15/h2-9H,10H2,1H3. The Labute approximate surface area is 104 Å². The molecule has 0 amide bonds. The van der Waals surface area contributed by atoms with Gasteiger partial charge >= 0.3 is 5.97 Å². The first-order valence-electron chi connectivity index (χ1n) is 5.52. The maximum atomic E-state index is 11.3. The summed E-state index contributed by atoms with van der Waals surface area (Å²) in [6, 6.07) is 10.2. The molecule has 0 atom stereocenters. The quantitative estimate of drug-likeness (QED) is 0.771. The van der Waals surface area contributed by atoms with Crippen molar-refractivity contribution >= 4 is 5.97 Å². The molecule has 0 aliphatic rings. The van der Waals surface area contributed by atoms with E-state index >= 15 is 0 Å². The van der Waals surface area contributed by atoms with Crippen molar-refractivity contribution in [2.24, 2.45) is 0 Å². The summed E-state index contributed by atoms with van der Waals surface area (Å²) in [6.45, 7) is 0.654. The first-order valence-corrected chi connectivity index (χ1v) is 5.52. The normalized spacial score (nSPS) is 10.1. The van der Waals surface area contributed by atoms with Crippen LogP contribution in [0.25, 0.3) is 0 Å². The molecule has 0 saturated carbocycles. The number of nitrogens with zero attached hydrogens (tertiary/aromatic N) is 1. The van der Waals surface area contributed by atoms with Crippen LogP contribution in [0, 0.1) is 0 Å². The predicted octanol–water partition coefficient (Wildman–Crippen LogP) is 1.68. The highest BCUT2D eigenvalue weighted by molar-refractivity contribution is 5.89. The molecule has 0 saturated heterocycles. The van der Waals surface area contributed by atoms with Crippen LogP contribution in [0.4, 0.5) is 0 Å². The van der Waals surface area contributed by atoms with Crippen LogP contribution in [0.1, 0.15) is 15.9 Å². The van der Waals surface area contributed by atoms with Crippen molar-refractivity contribution in [3.05, 3.63) is 70.1 Å². The topological polar surface area (TPSA) is 48.3 Å². The Morgan fingerprint density at radius 3 is 2.28 bits per heavy atom. The molecule has 1 aromatic heterocycles. The van der Waals surface area contributed by atoms with Gasteiger partial charge in [0.1, 0.15) is 0 Å². The van der Waals surface area contributed by atoms with E-state index in [0.717, 1.165) is 5.56 Å². The Morgan fingerprint density at radius 2 is 1.72 bits per heavy atom. The van der Waals surface area contributed by atoms with E-state index in [1.807, 2.05) is 16.7 Å². The van der Waals surface area contributed by atoms with Gasteiger partial charge in [0.25, 0.3) is 0 Å². The fourth-order valence-corrected chi connectivity index (χ4v) is 1.62. The third-order valence-electron chi connectivity index (χ3n) is 2.60. The zero-order valence-corrected chi connectivity index (χ0v) is 10.00. The van der Waals surface area contributed by atoms with Crippen molar-refractivity contribution in [1.29, 1.82) is 0 Å². The first kappa shape index (κ1) is 12.1. The molecule has 0 aliphatic heterocycles. The van der Waals surface area contributed by atoms with E-state index in [1.165, 1.54) is 19.2 Å². The lowest BCUT2D eigenvalue weighted by atomic mass is 10.1. The van der Waals surface area contributed by atoms with Crippen LogP contribution < -0.4 is 5.43 Å². The summed E-state index contributed by atoms with van der Waals surface area (Å²) in [6.07, 6.45) is 3.47. The van der Waals surface area contributed by atoms with Crippen LogP contribution in [-0.2, 0) is 11.3 Å². The Balaban J connectivity index is 2.13. The summed E-state index contributed by atoms with van der Waals surface area (Å²) >= 11 is 0. The molecule has 0 aliphatic carbocycles. The minimum absolute atomic E-state index is 0.00714. The highest BCUT2D eigenvalue weighted by atomic mass is 16.5. The molecule has 4 nitrogen and oxygen atoms in total. The molecule has 0 unspecified atom stereocenters. The van der Waals surface area contributed by atoms with Gasteiger partial charge in [-0.15, -0.1) is 0 Å². The third-order valence-corrected chi connectivity index (χ3v) is 2.60. The molecule has 0 bridgehead atoms. The summed E-state index contributed by atoms with van der Waals surface area (Å²) < 4.78 is 6.53. The molecule has 1 heterocycles. The average molecular weight is 243 g/mol. The molecule has 1 aromatic carbocycles. The summed E-state index contributed by atoms with van der Waals surface area (Å²) in [5.41, 5.74) is 1.57. The van der Waals surface area contributed by atoms with E-state index in [2.05, 4.69) is 4.74 Å². The number of aromatic nitrogens is 1. The number of ether oxygens (including phenoxy) is 1. The minimum Gasteiger partial charge on any atom is -0.465 e. The number of rotatable bonds is 3. The van der Waals surface area contributed by atoms with Gasteiger partial charge in [0.05, 0.1) is 12.7 Å². The number of pyridine rings is 1. The molecule has 2 aromatic rings. The van der Waals surface area contributed by atoms with Crippen molar-refractivity contribution in [2.45, 2.75) is 6.54 Å². The number of benzene rings is 1. The van der Waals surface area contributed by atoms with E-state index in [9.17, 15) is 9.59 Å². The molecule has 18 heavy (non-hydrogen) atoms. The van der Waals surface area contributed by atoms with Crippen molar-refractivity contribution in [2.75, 3.05) is 7.11 Å².